The van der Waals surface area contributed by atoms with Gasteiger partial charge in [-0.1, -0.05) is 12.1 Å². The number of likely N-dealkylation sites (N-methyl/N-ethyl adjacent to an activating group) is 1. The van der Waals surface area contributed by atoms with Gasteiger partial charge in [0.25, 0.3) is 0 Å². The lowest BCUT2D eigenvalue weighted by molar-refractivity contribution is -0.122. The summed E-state index contributed by atoms with van der Waals surface area (Å²) in [5.41, 5.74) is 2.25. The van der Waals surface area contributed by atoms with Crippen molar-refractivity contribution >= 4 is 11.6 Å². The minimum atomic E-state index is 0.0280. The van der Waals surface area contributed by atoms with E-state index in [0.29, 0.717) is 19.7 Å². The van der Waals surface area contributed by atoms with Gasteiger partial charge >= 0.3 is 0 Å². The maximum atomic E-state index is 11.8. The Morgan fingerprint density at radius 1 is 1.20 bits per heavy atom. The first kappa shape index (κ1) is 16.5. The molecule has 1 aromatic rings. The molecule has 1 amide bonds. The largest absolute Gasteiger partial charge is 0.383 e. The Morgan fingerprint density at radius 2 is 1.85 bits per heavy atom. The third kappa shape index (κ3) is 6.04. The average molecular weight is 279 g/mol. The van der Waals surface area contributed by atoms with E-state index >= 15 is 0 Å². The highest BCUT2D eigenvalue weighted by Crippen LogP contribution is 2.11. The third-order valence-electron chi connectivity index (χ3n) is 3.03. The molecule has 0 unspecified atom stereocenters. The van der Waals surface area contributed by atoms with Crippen LogP contribution < -0.4 is 10.2 Å². The summed E-state index contributed by atoms with van der Waals surface area (Å²) in [6.45, 7) is 2.33. The fraction of sp³-hybridized carbons (Fsp3) is 0.533. The molecule has 0 spiro atoms. The van der Waals surface area contributed by atoms with Gasteiger partial charge in [0.2, 0.25) is 5.91 Å². The van der Waals surface area contributed by atoms with Crippen LogP contribution in [0.4, 0.5) is 5.69 Å². The Balaban J connectivity index is 2.33. The molecule has 1 rings (SSSR count). The molecule has 0 aromatic heterocycles. The first-order valence-corrected chi connectivity index (χ1v) is 6.73. The van der Waals surface area contributed by atoms with Crippen molar-refractivity contribution in [2.24, 2.45) is 0 Å². The zero-order valence-corrected chi connectivity index (χ0v) is 12.8. The molecule has 1 aromatic carbocycles. The predicted molar refractivity (Wildman–Crippen MR) is 82.0 cm³/mol. The van der Waals surface area contributed by atoms with Gasteiger partial charge < -0.3 is 15.0 Å². The predicted octanol–water partition coefficient (Wildman–Crippen LogP) is 0.947. The minimum absolute atomic E-state index is 0.0280. The van der Waals surface area contributed by atoms with Gasteiger partial charge in [0.05, 0.1) is 13.2 Å². The zero-order valence-electron chi connectivity index (χ0n) is 12.8. The summed E-state index contributed by atoms with van der Waals surface area (Å²) in [6, 6.07) is 8.16. The molecule has 0 fully saturated rings. The van der Waals surface area contributed by atoms with E-state index in [1.54, 1.807) is 7.11 Å². The second-order valence-electron chi connectivity index (χ2n) is 5.07. The van der Waals surface area contributed by atoms with E-state index in [-0.39, 0.29) is 5.91 Å². The third-order valence-corrected chi connectivity index (χ3v) is 3.03. The number of hydrogen-bond acceptors (Lipinski definition) is 4. The molecule has 0 heterocycles. The van der Waals surface area contributed by atoms with E-state index in [2.05, 4.69) is 5.32 Å². The van der Waals surface area contributed by atoms with Crippen molar-refractivity contribution in [3.8, 4) is 0 Å². The van der Waals surface area contributed by atoms with Crippen molar-refractivity contribution in [1.82, 2.24) is 10.2 Å². The summed E-state index contributed by atoms with van der Waals surface area (Å²) in [5.74, 6) is 0.0280. The number of nitrogens with one attached hydrogen (secondary N) is 1. The van der Waals surface area contributed by atoms with Gasteiger partial charge in [0, 0.05) is 40.0 Å². The number of nitrogens with zero attached hydrogens (tertiary/aromatic N) is 2. The summed E-state index contributed by atoms with van der Waals surface area (Å²) in [4.78, 5) is 15.8. The SMILES string of the molecule is COCCN(C)CC(=O)NCc1ccc(N(C)C)cc1. The van der Waals surface area contributed by atoms with Crippen LogP contribution in [0.3, 0.4) is 0 Å². The average Bonchev–Trinajstić information content (AvgIpc) is 2.43. The number of amides is 1. The van der Waals surface area contributed by atoms with Crippen LogP contribution >= 0.6 is 0 Å². The molecule has 0 aliphatic heterocycles. The Labute approximate surface area is 121 Å². The number of methoxy groups -OCH3 is 1. The first-order valence-electron chi connectivity index (χ1n) is 6.73. The van der Waals surface area contributed by atoms with Crippen LogP contribution in [0.25, 0.3) is 0 Å². The molecular formula is C15H25N3O2. The van der Waals surface area contributed by atoms with Crippen molar-refractivity contribution in [2.45, 2.75) is 6.54 Å². The lowest BCUT2D eigenvalue weighted by Crippen LogP contribution is -2.36. The van der Waals surface area contributed by atoms with E-state index in [1.807, 2.05) is 55.2 Å². The number of carbonyl (C=O) groups is 1. The van der Waals surface area contributed by atoms with Crippen LogP contribution in [0.1, 0.15) is 5.56 Å². The highest BCUT2D eigenvalue weighted by molar-refractivity contribution is 5.77. The highest BCUT2D eigenvalue weighted by atomic mass is 16.5. The molecule has 0 aliphatic carbocycles. The summed E-state index contributed by atoms with van der Waals surface area (Å²) in [7, 11) is 7.58. The molecule has 5 heteroatoms. The minimum Gasteiger partial charge on any atom is -0.383 e. The van der Waals surface area contributed by atoms with Crippen LogP contribution in [-0.2, 0) is 16.1 Å². The standard InChI is InChI=1S/C15H25N3O2/c1-17(2)14-7-5-13(6-8-14)11-16-15(19)12-18(3)9-10-20-4/h5-8H,9-12H2,1-4H3,(H,16,19). The molecule has 0 saturated carbocycles. The number of rotatable bonds is 8. The molecule has 0 radical (unpaired) electrons. The fourth-order valence-corrected chi connectivity index (χ4v) is 1.74. The van der Waals surface area contributed by atoms with Gasteiger partial charge in [-0.15, -0.1) is 0 Å². The Hall–Kier alpha value is -1.59. The number of carbonyl (C=O) groups excluding carboxylic acids is 1. The van der Waals surface area contributed by atoms with Gasteiger partial charge in [-0.25, -0.2) is 0 Å². The molecule has 0 bridgehead atoms. The van der Waals surface area contributed by atoms with Gasteiger partial charge in [-0.05, 0) is 24.7 Å². The summed E-state index contributed by atoms with van der Waals surface area (Å²) < 4.78 is 4.98. The van der Waals surface area contributed by atoms with E-state index in [1.165, 1.54) is 0 Å². The molecule has 20 heavy (non-hydrogen) atoms. The van der Waals surface area contributed by atoms with E-state index < -0.39 is 0 Å². The van der Waals surface area contributed by atoms with Crippen molar-refractivity contribution in [1.29, 1.82) is 0 Å². The lowest BCUT2D eigenvalue weighted by Gasteiger charge is -2.16. The maximum Gasteiger partial charge on any atom is 0.234 e. The van der Waals surface area contributed by atoms with E-state index in [4.69, 9.17) is 4.74 Å². The van der Waals surface area contributed by atoms with Gasteiger partial charge in [0.15, 0.2) is 0 Å². The monoisotopic (exact) mass is 279 g/mol. The Morgan fingerprint density at radius 3 is 2.40 bits per heavy atom. The normalized spacial score (nSPS) is 10.7. The Kier molecular flexibility index (Phi) is 7.04. The molecule has 5 nitrogen and oxygen atoms in total. The van der Waals surface area contributed by atoms with Crippen LogP contribution in [0, 0.1) is 0 Å². The number of hydrogen-bond donors (Lipinski definition) is 1. The molecule has 0 saturated heterocycles. The lowest BCUT2D eigenvalue weighted by atomic mass is 10.2. The van der Waals surface area contributed by atoms with Gasteiger partial charge in [-0.3, -0.25) is 9.69 Å². The van der Waals surface area contributed by atoms with Gasteiger partial charge in [0.1, 0.15) is 0 Å². The second kappa shape index (κ2) is 8.55. The van der Waals surface area contributed by atoms with Crippen LogP contribution in [0.5, 0.6) is 0 Å². The van der Waals surface area contributed by atoms with Crippen LogP contribution in [-0.4, -0.2) is 58.8 Å². The molecule has 0 atom stereocenters. The number of benzene rings is 1. The first-order chi connectivity index (χ1) is 9.52. The summed E-state index contributed by atoms with van der Waals surface area (Å²) in [6.07, 6.45) is 0. The number of anilines is 1. The topological polar surface area (TPSA) is 44.8 Å². The molecule has 1 N–H and O–H groups in total. The van der Waals surface area contributed by atoms with Crippen molar-refractivity contribution in [3.05, 3.63) is 29.8 Å². The highest BCUT2D eigenvalue weighted by Gasteiger charge is 2.06. The van der Waals surface area contributed by atoms with E-state index in [0.717, 1.165) is 17.8 Å². The second-order valence-corrected chi connectivity index (χ2v) is 5.07. The summed E-state index contributed by atoms with van der Waals surface area (Å²) >= 11 is 0. The van der Waals surface area contributed by atoms with Crippen LogP contribution in [0.2, 0.25) is 0 Å². The quantitative estimate of drug-likeness (QED) is 0.769. The zero-order chi connectivity index (χ0) is 15.0. The molecular weight excluding hydrogens is 254 g/mol. The van der Waals surface area contributed by atoms with Crippen molar-refractivity contribution < 1.29 is 9.53 Å². The molecule has 0 aliphatic rings. The fourth-order valence-electron chi connectivity index (χ4n) is 1.74. The summed E-state index contributed by atoms with van der Waals surface area (Å²) in [5, 5.41) is 2.92. The van der Waals surface area contributed by atoms with Gasteiger partial charge in [-0.2, -0.15) is 0 Å². The van der Waals surface area contributed by atoms with E-state index in [9.17, 15) is 4.79 Å². The Bertz CT molecular complexity index is 404. The van der Waals surface area contributed by atoms with Crippen molar-refractivity contribution in [3.63, 3.8) is 0 Å². The van der Waals surface area contributed by atoms with Crippen LogP contribution in [0.15, 0.2) is 24.3 Å². The number of ether oxygens (including phenoxy) is 1. The smallest absolute Gasteiger partial charge is 0.234 e. The van der Waals surface area contributed by atoms with Crippen molar-refractivity contribution in [2.75, 3.05) is 52.8 Å². The molecule has 112 valence electrons. The maximum absolute atomic E-state index is 11.8.